The number of benzene rings is 1. The van der Waals surface area contributed by atoms with E-state index >= 15 is 0 Å². The fourth-order valence-electron chi connectivity index (χ4n) is 3.41. The lowest BCUT2D eigenvalue weighted by molar-refractivity contribution is 0.289. The second kappa shape index (κ2) is 4.87. The third-order valence-electron chi connectivity index (χ3n) is 4.52. The van der Waals surface area contributed by atoms with E-state index in [1.807, 2.05) is 24.3 Å². The van der Waals surface area contributed by atoms with Crippen molar-refractivity contribution in [2.24, 2.45) is 0 Å². The van der Waals surface area contributed by atoms with Crippen molar-refractivity contribution in [3.8, 4) is 6.07 Å². The number of aromatic nitrogens is 1. The van der Waals surface area contributed by atoms with Gasteiger partial charge in [-0.1, -0.05) is 11.6 Å². The Balaban J connectivity index is 1.83. The molecular formula is C16H15ClN4. The molecule has 2 unspecified atom stereocenters. The maximum Gasteiger partial charge on any atom is 0.130 e. The van der Waals surface area contributed by atoms with Crippen molar-refractivity contribution < 1.29 is 0 Å². The lowest BCUT2D eigenvalue weighted by Crippen LogP contribution is -2.61. The number of fused-ring (bicyclic) bond motifs is 4. The number of anilines is 1. The maximum absolute atomic E-state index is 9.43. The molecule has 21 heavy (non-hydrogen) atoms. The van der Waals surface area contributed by atoms with Crippen LogP contribution in [0.4, 0.5) is 5.82 Å². The van der Waals surface area contributed by atoms with Crippen LogP contribution in [0, 0.1) is 11.3 Å². The van der Waals surface area contributed by atoms with Gasteiger partial charge >= 0.3 is 0 Å². The Morgan fingerprint density at radius 2 is 2.24 bits per heavy atom. The van der Waals surface area contributed by atoms with E-state index in [2.05, 4.69) is 16.3 Å². The van der Waals surface area contributed by atoms with Gasteiger partial charge in [-0.3, -0.25) is 0 Å². The predicted octanol–water partition coefficient (Wildman–Crippen LogP) is 2.70. The molecule has 106 valence electrons. The second-order valence-corrected chi connectivity index (χ2v) is 6.23. The molecule has 0 spiro atoms. The zero-order chi connectivity index (χ0) is 14.4. The van der Waals surface area contributed by atoms with Gasteiger partial charge in [-0.2, -0.15) is 5.26 Å². The smallest absolute Gasteiger partial charge is 0.130 e. The molecule has 0 amide bonds. The number of nitrogens with zero attached hydrogens (tertiary/aromatic N) is 3. The minimum Gasteiger partial charge on any atom is -0.351 e. The summed E-state index contributed by atoms with van der Waals surface area (Å²) < 4.78 is 0. The number of pyridine rings is 1. The summed E-state index contributed by atoms with van der Waals surface area (Å²) >= 11 is 6.03. The van der Waals surface area contributed by atoms with Gasteiger partial charge in [-0.25, -0.2) is 4.98 Å². The van der Waals surface area contributed by atoms with E-state index in [4.69, 9.17) is 16.6 Å². The molecule has 0 radical (unpaired) electrons. The Bertz CT molecular complexity index is 744. The zero-order valence-electron chi connectivity index (χ0n) is 11.5. The first kappa shape index (κ1) is 12.9. The zero-order valence-corrected chi connectivity index (χ0v) is 12.3. The Morgan fingerprint density at radius 3 is 2.90 bits per heavy atom. The largest absolute Gasteiger partial charge is 0.351 e. The number of piperazine rings is 1. The maximum atomic E-state index is 9.43. The van der Waals surface area contributed by atoms with E-state index in [9.17, 15) is 5.26 Å². The normalized spacial score (nSPS) is 24.3. The van der Waals surface area contributed by atoms with Gasteiger partial charge in [0.2, 0.25) is 0 Å². The summed E-state index contributed by atoms with van der Waals surface area (Å²) in [6, 6.07) is 10.7. The van der Waals surface area contributed by atoms with Crippen LogP contribution in [0.1, 0.15) is 18.4 Å². The summed E-state index contributed by atoms with van der Waals surface area (Å²) in [6.07, 6.45) is 2.43. The molecule has 4 heterocycles. The Labute approximate surface area is 128 Å². The van der Waals surface area contributed by atoms with Crippen LogP contribution in [0.5, 0.6) is 0 Å². The number of halogens is 1. The van der Waals surface area contributed by atoms with Crippen LogP contribution < -0.4 is 10.2 Å². The van der Waals surface area contributed by atoms with Gasteiger partial charge in [0.25, 0.3) is 0 Å². The molecule has 2 bridgehead atoms. The first-order valence-corrected chi connectivity index (χ1v) is 7.63. The van der Waals surface area contributed by atoms with E-state index in [0.29, 0.717) is 22.7 Å². The highest BCUT2D eigenvalue weighted by atomic mass is 35.5. The third-order valence-corrected chi connectivity index (χ3v) is 4.76. The molecule has 3 aliphatic heterocycles. The average Bonchev–Trinajstić information content (AvgIpc) is 2.55. The predicted molar refractivity (Wildman–Crippen MR) is 83.6 cm³/mol. The first-order valence-electron chi connectivity index (χ1n) is 7.25. The minimum atomic E-state index is 0.485. The Morgan fingerprint density at radius 1 is 1.33 bits per heavy atom. The Hall–Kier alpha value is -1.83. The highest BCUT2D eigenvalue weighted by Crippen LogP contribution is 2.30. The monoisotopic (exact) mass is 298 g/mol. The fourth-order valence-corrected chi connectivity index (χ4v) is 3.59. The molecule has 5 heteroatoms. The molecule has 1 aromatic heterocycles. The molecule has 0 saturated carbocycles. The van der Waals surface area contributed by atoms with E-state index in [0.717, 1.165) is 29.8 Å². The van der Waals surface area contributed by atoms with Gasteiger partial charge in [0.05, 0.1) is 17.1 Å². The topological polar surface area (TPSA) is 52.0 Å². The third kappa shape index (κ3) is 2.14. The van der Waals surface area contributed by atoms with E-state index in [1.54, 1.807) is 0 Å². The van der Waals surface area contributed by atoms with Crippen molar-refractivity contribution in [3.63, 3.8) is 0 Å². The standard InChI is InChI=1S/C16H15ClN4/c17-11-1-4-15-14(6-11)10(7-18)5-16(20-15)21-9-12-2-3-13(21)8-19-12/h1,4-6,12-13,19H,2-3,8-9H2. The molecule has 3 saturated heterocycles. The number of nitrogens with one attached hydrogen (secondary N) is 1. The van der Waals surface area contributed by atoms with E-state index < -0.39 is 0 Å². The lowest BCUT2D eigenvalue weighted by atomic mass is 9.93. The molecule has 4 nitrogen and oxygen atoms in total. The van der Waals surface area contributed by atoms with Crippen LogP contribution in [-0.4, -0.2) is 30.2 Å². The highest BCUT2D eigenvalue weighted by molar-refractivity contribution is 6.31. The number of hydrogen-bond donors (Lipinski definition) is 1. The van der Waals surface area contributed by atoms with Crippen LogP contribution >= 0.6 is 11.6 Å². The molecule has 1 aromatic carbocycles. The summed E-state index contributed by atoms with van der Waals surface area (Å²) in [6.45, 7) is 1.98. The molecule has 5 rings (SSSR count). The van der Waals surface area contributed by atoms with Gasteiger partial charge < -0.3 is 10.2 Å². The summed E-state index contributed by atoms with van der Waals surface area (Å²) in [7, 11) is 0. The first-order chi connectivity index (χ1) is 10.2. The van der Waals surface area contributed by atoms with Crippen LogP contribution in [0.25, 0.3) is 10.9 Å². The van der Waals surface area contributed by atoms with Crippen molar-refractivity contribution in [3.05, 3.63) is 34.9 Å². The number of nitriles is 1. The van der Waals surface area contributed by atoms with Crippen molar-refractivity contribution in [2.45, 2.75) is 24.9 Å². The van der Waals surface area contributed by atoms with Gasteiger partial charge in [0.15, 0.2) is 0 Å². The van der Waals surface area contributed by atoms with E-state index in [1.165, 1.54) is 12.8 Å². The van der Waals surface area contributed by atoms with Crippen molar-refractivity contribution in [1.82, 2.24) is 10.3 Å². The summed E-state index contributed by atoms with van der Waals surface area (Å²) in [5.74, 6) is 0.914. The van der Waals surface area contributed by atoms with Gasteiger partial charge in [-0.05, 0) is 37.1 Å². The molecule has 0 aliphatic carbocycles. The minimum absolute atomic E-state index is 0.485. The van der Waals surface area contributed by atoms with Gasteiger partial charge in [-0.15, -0.1) is 0 Å². The summed E-state index contributed by atoms with van der Waals surface area (Å²) in [5, 5.41) is 14.4. The van der Waals surface area contributed by atoms with Crippen molar-refractivity contribution in [1.29, 1.82) is 5.26 Å². The Kier molecular flexibility index (Phi) is 2.99. The summed E-state index contributed by atoms with van der Waals surface area (Å²) in [4.78, 5) is 7.10. The number of hydrogen-bond acceptors (Lipinski definition) is 4. The van der Waals surface area contributed by atoms with Crippen LogP contribution in [0.15, 0.2) is 24.3 Å². The molecule has 2 atom stereocenters. The molecule has 3 aliphatic rings. The molecule has 1 N–H and O–H groups in total. The second-order valence-electron chi connectivity index (χ2n) is 5.79. The van der Waals surface area contributed by atoms with Crippen molar-refractivity contribution >= 4 is 28.3 Å². The van der Waals surface area contributed by atoms with Gasteiger partial charge in [0.1, 0.15) is 5.82 Å². The van der Waals surface area contributed by atoms with Gasteiger partial charge in [0, 0.05) is 35.6 Å². The molecule has 2 aromatic rings. The van der Waals surface area contributed by atoms with Crippen LogP contribution in [-0.2, 0) is 0 Å². The van der Waals surface area contributed by atoms with Crippen molar-refractivity contribution in [2.75, 3.05) is 18.0 Å². The van der Waals surface area contributed by atoms with E-state index in [-0.39, 0.29) is 0 Å². The van der Waals surface area contributed by atoms with Crippen LogP contribution in [0.2, 0.25) is 5.02 Å². The number of rotatable bonds is 1. The summed E-state index contributed by atoms with van der Waals surface area (Å²) in [5.41, 5.74) is 1.48. The quantitative estimate of drug-likeness (QED) is 0.879. The fraction of sp³-hybridized carbons (Fsp3) is 0.375. The SMILES string of the molecule is N#Cc1cc(N2CC3CCC2CN3)nc2ccc(Cl)cc12. The molecular weight excluding hydrogens is 284 g/mol. The highest BCUT2D eigenvalue weighted by Gasteiger charge is 2.34. The number of piperidine rings is 2. The average molecular weight is 299 g/mol. The lowest BCUT2D eigenvalue weighted by Gasteiger charge is -2.46. The molecule has 3 fully saturated rings. The van der Waals surface area contributed by atoms with Crippen LogP contribution in [0.3, 0.4) is 0 Å².